The Morgan fingerprint density at radius 1 is 1.47 bits per heavy atom. The third-order valence-corrected chi connectivity index (χ3v) is 4.16. The van der Waals surface area contributed by atoms with E-state index in [1.54, 1.807) is 11.3 Å². The lowest BCUT2D eigenvalue weighted by molar-refractivity contribution is 0.00768. The second kappa shape index (κ2) is 4.99. The first-order chi connectivity index (χ1) is 9.21. The lowest BCUT2D eigenvalue weighted by Gasteiger charge is -2.17. The van der Waals surface area contributed by atoms with Crippen LogP contribution >= 0.6 is 11.3 Å². The summed E-state index contributed by atoms with van der Waals surface area (Å²) < 4.78 is 11.0. The fourth-order valence-corrected chi connectivity index (χ4v) is 2.93. The third-order valence-electron chi connectivity index (χ3n) is 3.25. The molecule has 1 unspecified atom stereocenters. The zero-order valence-electron chi connectivity index (χ0n) is 10.8. The van der Waals surface area contributed by atoms with Crippen LogP contribution in [0.1, 0.15) is 30.6 Å². The van der Waals surface area contributed by atoms with Crippen LogP contribution in [0.2, 0.25) is 0 Å². The number of ether oxygens (including phenoxy) is 1. The van der Waals surface area contributed by atoms with Gasteiger partial charge in [-0.25, -0.2) is 4.98 Å². The zero-order chi connectivity index (χ0) is 13.3. The maximum Gasteiger partial charge on any atom is 0.277 e. The Morgan fingerprint density at radius 3 is 3.11 bits per heavy atom. The summed E-state index contributed by atoms with van der Waals surface area (Å²) in [7, 11) is 0. The molecular weight excluding hydrogens is 264 g/mol. The molecule has 3 heterocycles. The molecule has 3 rings (SSSR count). The molecule has 0 saturated carbocycles. The second-order valence-electron chi connectivity index (χ2n) is 4.77. The first kappa shape index (κ1) is 12.7. The van der Waals surface area contributed by atoms with Crippen LogP contribution in [0.5, 0.6) is 0 Å². The van der Waals surface area contributed by atoms with Gasteiger partial charge in [0.1, 0.15) is 11.3 Å². The van der Waals surface area contributed by atoms with Crippen LogP contribution in [0.3, 0.4) is 0 Å². The van der Waals surface area contributed by atoms with Crippen molar-refractivity contribution in [3.05, 3.63) is 16.2 Å². The topological polar surface area (TPSA) is 87.1 Å². The predicted octanol–water partition coefficient (Wildman–Crippen LogP) is 1.72. The van der Waals surface area contributed by atoms with Crippen molar-refractivity contribution in [1.29, 1.82) is 0 Å². The lowest BCUT2D eigenvalue weighted by Crippen LogP contribution is -2.21. The molecule has 0 amide bonds. The van der Waals surface area contributed by atoms with E-state index in [9.17, 15) is 0 Å². The largest absolute Gasteiger partial charge is 0.367 e. The van der Waals surface area contributed by atoms with E-state index in [2.05, 4.69) is 15.1 Å². The molecule has 0 bridgehead atoms. The normalized spacial score (nSPS) is 23.1. The first-order valence-corrected chi connectivity index (χ1v) is 7.22. The van der Waals surface area contributed by atoms with Crippen molar-refractivity contribution in [3.8, 4) is 11.6 Å². The molecule has 0 radical (unpaired) electrons. The van der Waals surface area contributed by atoms with Crippen LogP contribution in [-0.4, -0.2) is 28.3 Å². The highest BCUT2D eigenvalue weighted by Crippen LogP contribution is 2.34. The molecule has 6 nitrogen and oxygen atoms in total. The fourth-order valence-electron chi connectivity index (χ4n) is 2.15. The number of hydrogen-bond acceptors (Lipinski definition) is 7. The van der Waals surface area contributed by atoms with E-state index in [1.807, 2.05) is 12.3 Å². The van der Waals surface area contributed by atoms with Gasteiger partial charge in [-0.3, -0.25) is 0 Å². The number of rotatable bonds is 4. The highest BCUT2D eigenvalue weighted by Gasteiger charge is 2.36. The quantitative estimate of drug-likeness (QED) is 0.917. The van der Waals surface area contributed by atoms with Crippen molar-refractivity contribution in [2.45, 2.75) is 31.8 Å². The zero-order valence-corrected chi connectivity index (χ0v) is 11.6. The highest BCUT2D eigenvalue weighted by molar-refractivity contribution is 7.09. The molecule has 2 aromatic heterocycles. The Morgan fingerprint density at radius 2 is 2.37 bits per heavy atom. The van der Waals surface area contributed by atoms with Gasteiger partial charge < -0.3 is 15.0 Å². The van der Waals surface area contributed by atoms with E-state index in [0.29, 0.717) is 24.0 Å². The van der Waals surface area contributed by atoms with E-state index in [0.717, 1.165) is 30.9 Å². The molecule has 0 aromatic carbocycles. The average Bonchev–Trinajstić information content (AvgIpc) is 3.07. The van der Waals surface area contributed by atoms with E-state index < -0.39 is 5.60 Å². The molecule has 0 aliphatic carbocycles. The van der Waals surface area contributed by atoms with Gasteiger partial charge in [-0.05, 0) is 26.3 Å². The number of nitrogens with two attached hydrogens (primary N) is 1. The first-order valence-electron chi connectivity index (χ1n) is 6.34. The van der Waals surface area contributed by atoms with Crippen molar-refractivity contribution in [2.24, 2.45) is 5.73 Å². The number of hydrogen-bond donors (Lipinski definition) is 1. The molecule has 1 atom stereocenters. The maximum atomic E-state index is 5.70. The van der Waals surface area contributed by atoms with Gasteiger partial charge in [0.25, 0.3) is 5.89 Å². The minimum Gasteiger partial charge on any atom is -0.367 e. The van der Waals surface area contributed by atoms with Gasteiger partial charge in [-0.15, -0.1) is 11.3 Å². The van der Waals surface area contributed by atoms with E-state index >= 15 is 0 Å². The summed E-state index contributed by atoms with van der Waals surface area (Å²) in [5, 5.41) is 6.93. The summed E-state index contributed by atoms with van der Waals surface area (Å²) in [4.78, 5) is 8.85. The van der Waals surface area contributed by atoms with Gasteiger partial charge in [0.2, 0.25) is 5.82 Å². The molecule has 102 valence electrons. The predicted molar refractivity (Wildman–Crippen MR) is 70.7 cm³/mol. The molecule has 0 spiro atoms. The Balaban J connectivity index is 1.84. The highest BCUT2D eigenvalue weighted by atomic mass is 32.1. The molecule has 2 aromatic rings. The minimum absolute atomic E-state index is 0.419. The monoisotopic (exact) mass is 280 g/mol. The summed E-state index contributed by atoms with van der Waals surface area (Å²) in [6, 6.07) is 0. The van der Waals surface area contributed by atoms with Crippen LogP contribution in [0.4, 0.5) is 0 Å². The second-order valence-corrected chi connectivity index (χ2v) is 5.71. The molecule has 7 heteroatoms. The van der Waals surface area contributed by atoms with E-state index in [4.69, 9.17) is 15.0 Å². The summed E-state index contributed by atoms with van der Waals surface area (Å²) in [6.07, 6.45) is 2.71. The molecule has 1 aliphatic rings. The van der Waals surface area contributed by atoms with Gasteiger partial charge >= 0.3 is 0 Å². The Labute approximate surface area is 115 Å². The number of nitrogens with zero attached hydrogens (tertiary/aromatic N) is 3. The Kier molecular flexibility index (Phi) is 3.34. The summed E-state index contributed by atoms with van der Waals surface area (Å²) in [5.74, 6) is 1.06. The van der Waals surface area contributed by atoms with Crippen molar-refractivity contribution in [1.82, 2.24) is 15.1 Å². The van der Waals surface area contributed by atoms with Gasteiger partial charge in [-0.1, -0.05) is 5.16 Å². The Hall–Kier alpha value is -1.31. The van der Waals surface area contributed by atoms with Gasteiger partial charge in [0, 0.05) is 18.4 Å². The van der Waals surface area contributed by atoms with Gasteiger partial charge in [-0.2, -0.15) is 4.98 Å². The molecule has 2 N–H and O–H groups in total. The molecule has 1 fully saturated rings. The fraction of sp³-hybridized carbons (Fsp3) is 0.583. The third kappa shape index (κ3) is 2.41. The standard InChI is InChI=1S/C12H16N4O2S/c1-12(4-2-6-17-12)11-15-10(18-16-11)8-7-19-9(14-8)3-5-13/h7H,2-6,13H2,1H3. The minimum atomic E-state index is -0.419. The number of aromatic nitrogens is 3. The molecule has 1 aliphatic heterocycles. The molecular formula is C12H16N4O2S. The van der Waals surface area contributed by atoms with Crippen LogP contribution in [0.15, 0.2) is 9.90 Å². The Bertz CT molecular complexity index is 560. The summed E-state index contributed by atoms with van der Waals surface area (Å²) in [6.45, 7) is 3.33. The van der Waals surface area contributed by atoms with Crippen molar-refractivity contribution in [3.63, 3.8) is 0 Å². The SMILES string of the molecule is CC1(c2noc(-c3csc(CCN)n3)n2)CCCO1. The molecule has 19 heavy (non-hydrogen) atoms. The maximum absolute atomic E-state index is 5.70. The van der Waals surface area contributed by atoms with E-state index in [1.165, 1.54) is 0 Å². The number of thiazole rings is 1. The van der Waals surface area contributed by atoms with Crippen LogP contribution in [-0.2, 0) is 16.8 Å². The van der Waals surface area contributed by atoms with Crippen LogP contribution in [0.25, 0.3) is 11.6 Å². The summed E-state index contributed by atoms with van der Waals surface area (Å²) >= 11 is 1.56. The van der Waals surface area contributed by atoms with E-state index in [-0.39, 0.29) is 0 Å². The van der Waals surface area contributed by atoms with Crippen molar-refractivity contribution in [2.75, 3.05) is 13.2 Å². The summed E-state index contributed by atoms with van der Waals surface area (Å²) in [5.41, 5.74) is 5.81. The lowest BCUT2D eigenvalue weighted by atomic mass is 10.0. The molecule has 1 saturated heterocycles. The van der Waals surface area contributed by atoms with Crippen LogP contribution in [0, 0.1) is 0 Å². The average molecular weight is 280 g/mol. The van der Waals surface area contributed by atoms with Crippen molar-refractivity contribution >= 4 is 11.3 Å². The van der Waals surface area contributed by atoms with Gasteiger partial charge in [0.05, 0.1) is 5.01 Å². The van der Waals surface area contributed by atoms with Gasteiger partial charge in [0.15, 0.2) is 0 Å². The van der Waals surface area contributed by atoms with Crippen molar-refractivity contribution < 1.29 is 9.26 Å². The smallest absolute Gasteiger partial charge is 0.277 e. The van der Waals surface area contributed by atoms with Crippen LogP contribution < -0.4 is 5.73 Å².